The van der Waals surface area contributed by atoms with Crippen LogP contribution < -0.4 is 10.6 Å². The number of hydrogen-bond donors (Lipinski definition) is 2. The number of nitrogens with zero attached hydrogens (tertiary/aromatic N) is 2. The van der Waals surface area contributed by atoms with E-state index in [1.54, 1.807) is 61.5 Å². The molecule has 162 valence electrons. The monoisotopic (exact) mass is 457 g/mol. The van der Waals surface area contributed by atoms with Gasteiger partial charge in [0.15, 0.2) is 5.13 Å². The molecule has 2 aromatic heterocycles. The second-order valence-corrected chi connectivity index (χ2v) is 10.0. The smallest absolute Gasteiger partial charge is 0.335 e. The lowest BCUT2D eigenvalue weighted by Crippen LogP contribution is -2.83. The number of thioether (sulfide) groups is 1. The maximum atomic E-state index is 12.5. The predicted molar refractivity (Wildman–Crippen MR) is 123 cm³/mol. The van der Waals surface area contributed by atoms with Crippen molar-refractivity contribution in [1.29, 1.82) is 0 Å². The van der Waals surface area contributed by atoms with Crippen molar-refractivity contribution in [2.45, 2.75) is 36.1 Å². The summed E-state index contributed by atoms with van der Waals surface area (Å²) in [5, 5.41) is 4.84. The van der Waals surface area contributed by atoms with Crippen molar-refractivity contribution >= 4 is 46.1 Å². The van der Waals surface area contributed by atoms with Crippen molar-refractivity contribution in [3.63, 3.8) is 0 Å². The lowest BCUT2D eigenvalue weighted by atomic mass is 9.94. The second kappa shape index (κ2) is 10.0. The molecule has 0 aliphatic rings. The molecule has 7 nitrogen and oxygen atoms in total. The highest BCUT2D eigenvalue weighted by Crippen LogP contribution is 2.32. The fourth-order valence-corrected chi connectivity index (χ4v) is 4.15. The van der Waals surface area contributed by atoms with E-state index in [0.29, 0.717) is 22.3 Å². The van der Waals surface area contributed by atoms with Crippen molar-refractivity contribution in [2.75, 3.05) is 12.4 Å². The number of carbonyl (C=O) groups excluding carboxylic acids is 2. The number of carbonyl (C=O) groups is 2. The Labute approximate surface area is 189 Å². The standard InChI is InChI=1S/C22H24N4O3S2/c1-22(2,3)16-11-24-18(29-16)13-30-19-12-25-21(31-19)26-20(28)15-8-5-14(6-9-15)7-10-17(27)23-4/h5-12H,13H2,1-4H3,(H,23,27)(H,25,26,28)/p+1/b10-7+. The molecule has 1 aromatic carbocycles. The van der Waals surface area contributed by atoms with Crippen molar-refractivity contribution in [3.8, 4) is 0 Å². The number of oxazole rings is 1. The minimum atomic E-state index is -0.234. The van der Waals surface area contributed by atoms with Crippen LogP contribution in [0.5, 0.6) is 0 Å². The minimum absolute atomic E-state index is 0.0586. The fourth-order valence-electron chi connectivity index (χ4n) is 2.43. The van der Waals surface area contributed by atoms with Gasteiger partial charge in [0, 0.05) is 17.1 Å². The van der Waals surface area contributed by atoms with Crippen LogP contribution in [0, 0.1) is 0 Å². The molecule has 0 saturated heterocycles. The number of rotatable bonds is 7. The molecule has 0 aliphatic carbocycles. The van der Waals surface area contributed by atoms with Gasteiger partial charge in [0.25, 0.3) is 5.91 Å². The van der Waals surface area contributed by atoms with Gasteiger partial charge < -0.3 is 4.42 Å². The van der Waals surface area contributed by atoms with E-state index in [-0.39, 0.29) is 17.2 Å². The number of anilines is 1. The zero-order chi connectivity index (χ0) is 22.4. The summed E-state index contributed by atoms with van der Waals surface area (Å²) in [5.74, 6) is 1.83. The molecule has 0 aliphatic heterocycles. The normalized spacial score (nSPS) is 11.7. The van der Waals surface area contributed by atoms with E-state index < -0.39 is 0 Å². The van der Waals surface area contributed by atoms with Crippen molar-refractivity contribution < 1.29 is 19.3 Å². The maximum absolute atomic E-state index is 12.5. The van der Waals surface area contributed by atoms with Gasteiger partial charge in [-0.1, -0.05) is 44.2 Å². The fraction of sp³-hybridized carbons (Fsp3) is 0.273. The SMILES string of the molecule is C[NH2+]C(=O)/C=C/c1ccc(C(=O)Nc2ncc(SCc3ncc(C(C)(C)C)o3)s2)cc1. The van der Waals surface area contributed by atoms with Gasteiger partial charge in [-0.15, -0.1) is 11.8 Å². The Kier molecular flexibility index (Phi) is 7.42. The molecule has 9 heteroatoms. The molecule has 0 fully saturated rings. The van der Waals surface area contributed by atoms with Gasteiger partial charge in [-0.3, -0.25) is 15.4 Å². The van der Waals surface area contributed by atoms with Crippen molar-refractivity contribution in [3.05, 3.63) is 65.5 Å². The topological polar surface area (TPSA) is 102 Å². The molecule has 0 radical (unpaired) electrons. The molecule has 0 atom stereocenters. The molecule has 3 rings (SSSR count). The number of quaternary nitrogens is 1. The quantitative estimate of drug-likeness (QED) is 0.414. The minimum Gasteiger partial charge on any atom is -0.444 e. The Morgan fingerprint density at radius 2 is 1.94 bits per heavy atom. The van der Waals surface area contributed by atoms with E-state index in [4.69, 9.17) is 4.42 Å². The van der Waals surface area contributed by atoms with Gasteiger partial charge in [-0.05, 0) is 23.8 Å². The Bertz CT molecular complexity index is 1080. The van der Waals surface area contributed by atoms with Crippen molar-refractivity contribution in [2.24, 2.45) is 0 Å². The second-order valence-electron chi connectivity index (χ2n) is 7.74. The summed E-state index contributed by atoms with van der Waals surface area (Å²) in [7, 11) is 1.69. The molecule has 0 unspecified atom stereocenters. The van der Waals surface area contributed by atoms with E-state index in [1.165, 1.54) is 22.7 Å². The van der Waals surface area contributed by atoms with Crippen LogP contribution in [-0.2, 0) is 16.0 Å². The first-order valence-corrected chi connectivity index (χ1v) is 11.5. The van der Waals surface area contributed by atoms with Gasteiger partial charge in [0.1, 0.15) is 5.76 Å². The molecular formula is C22H25N4O3S2+. The third-order valence-corrected chi connectivity index (χ3v) is 6.33. The lowest BCUT2D eigenvalue weighted by Gasteiger charge is -2.12. The van der Waals surface area contributed by atoms with Crippen LogP contribution in [0.15, 0.2) is 51.4 Å². The summed E-state index contributed by atoms with van der Waals surface area (Å²) in [5.41, 5.74) is 1.29. The zero-order valence-electron chi connectivity index (χ0n) is 17.8. The number of aromatic nitrogens is 2. The molecule has 0 saturated carbocycles. The summed E-state index contributed by atoms with van der Waals surface area (Å²) >= 11 is 2.97. The first kappa shape index (κ1) is 22.9. The van der Waals surface area contributed by atoms with Crippen molar-refractivity contribution in [1.82, 2.24) is 9.97 Å². The van der Waals surface area contributed by atoms with Crippen LogP contribution in [-0.4, -0.2) is 28.8 Å². The van der Waals surface area contributed by atoms with E-state index in [0.717, 1.165) is 15.5 Å². The van der Waals surface area contributed by atoms with Gasteiger partial charge >= 0.3 is 5.91 Å². The average Bonchev–Trinajstić information content (AvgIpc) is 3.40. The number of nitrogens with one attached hydrogen (secondary N) is 1. The molecule has 0 spiro atoms. The Morgan fingerprint density at radius 1 is 1.19 bits per heavy atom. The van der Waals surface area contributed by atoms with Gasteiger partial charge in [0.05, 0.1) is 29.4 Å². The summed E-state index contributed by atoms with van der Waals surface area (Å²) in [6, 6.07) is 7.01. The number of primary amides is 1. The number of likely N-dealkylation sites (N-methyl/N-ethyl adjacent to an activating group) is 1. The Hall–Kier alpha value is -2.75. The first-order chi connectivity index (χ1) is 14.7. The van der Waals surface area contributed by atoms with Crippen LogP contribution in [0.3, 0.4) is 0 Å². The van der Waals surface area contributed by atoms with Gasteiger partial charge in [-0.25, -0.2) is 14.8 Å². The molecule has 2 amide bonds. The molecular weight excluding hydrogens is 432 g/mol. The average molecular weight is 458 g/mol. The molecule has 3 N–H and O–H groups in total. The summed E-state index contributed by atoms with van der Waals surface area (Å²) in [4.78, 5) is 32.4. The summed E-state index contributed by atoms with van der Waals surface area (Å²) < 4.78 is 6.76. The van der Waals surface area contributed by atoms with Gasteiger partial charge in [0.2, 0.25) is 5.89 Å². The van der Waals surface area contributed by atoms with E-state index in [9.17, 15) is 9.59 Å². The number of hydrogen-bond acceptors (Lipinski definition) is 7. The summed E-state index contributed by atoms with van der Waals surface area (Å²) in [6.07, 6.45) is 6.71. The number of thiazole rings is 1. The highest BCUT2D eigenvalue weighted by atomic mass is 32.2. The van der Waals surface area contributed by atoms with Crippen LogP contribution in [0.1, 0.15) is 48.3 Å². The summed E-state index contributed by atoms with van der Waals surface area (Å²) in [6.45, 7) is 6.25. The maximum Gasteiger partial charge on any atom is 0.335 e. The molecule has 31 heavy (non-hydrogen) atoms. The molecule has 0 bridgehead atoms. The third-order valence-electron chi connectivity index (χ3n) is 4.23. The van der Waals surface area contributed by atoms with Crippen LogP contribution >= 0.6 is 23.1 Å². The molecule has 2 heterocycles. The predicted octanol–water partition coefficient (Wildman–Crippen LogP) is 3.71. The number of benzene rings is 1. The number of nitrogens with two attached hydrogens (primary N) is 1. The number of amides is 2. The highest BCUT2D eigenvalue weighted by Gasteiger charge is 2.19. The van der Waals surface area contributed by atoms with Gasteiger partial charge in [-0.2, -0.15) is 0 Å². The molecule has 3 aromatic rings. The van der Waals surface area contributed by atoms with Crippen LogP contribution in [0.2, 0.25) is 0 Å². The largest absolute Gasteiger partial charge is 0.444 e. The third kappa shape index (κ3) is 6.61. The first-order valence-electron chi connectivity index (χ1n) is 9.71. The van der Waals surface area contributed by atoms with Crippen LogP contribution in [0.4, 0.5) is 5.13 Å². The lowest BCUT2D eigenvalue weighted by molar-refractivity contribution is -0.534. The van der Waals surface area contributed by atoms with E-state index in [2.05, 4.69) is 36.1 Å². The van der Waals surface area contributed by atoms with E-state index >= 15 is 0 Å². The highest BCUT2D eigenvalue weighted by molar-refractivity contribution is 8.00. The zero-order valence-corrected chi connectivity index (χ0v) is 19.5. The van der Waals surface area contributed by atoms with Crippen LogP contribution in [0.25, 0.3) is 6.08 Å². The van der Waals surface area contributed by atoms with E-state index in [1.807, 2.05) is 0 Å². The Balaban J connectivity index is 1.54. The Morgan fingerprint density at radius 3 is 2.58 bits per heavy atom.